The Morgan fingerprint density at radius 2 is 2.12 bits per heavy atom. The van der Waals surface area contributed by atoms with Crippen LogP contribution in [0.3, 0.4) is 0 Å². The molecule has 0 aromatic carbocycles. The molecular formula is C11H20N4OS. The van der Waals surface area contributed by atoms with Gasteiger partial charge < -0.3 is 10.6 Å². The molecule has 1 heterocycles. The number of carbonyl (C=O) groups is 1. The van der Waals surface area contributed by atoms with E-state index in [1.54, 1.807) is 11.9 Å². The molecule has 0 aliphatic heterocycles. The van der Waals surface area contributed by atoms with Gasteiger partial charge in [-0.25, -0.2) is 0 Å². The van der Waals surface area contributed by atoms with Gasteiger partial charge in [-0.05, 0) is 24.5 Å². The maximum atomic E-state index is 12.2. The molecule has 1 aromatic rings. The fourth-order valence-corrected chi connectivity index (χ4v) is 2.30. The molecule has 0 radical (unpaired) electrons. The van der Waals surface area contributed by atoms with Crippen molar-refractivity contribution >= 4 is 17.4 Å². The number of carbonyl (C=O) groups excluding carboxylic acids is 1. The molecule has 0 aliphatic rings. The van der Waals surface area contributed by atoms with E-state index in [4.69, 9.17) is 5.73 Å². The summed E-state index contributed by atoms with van der Waals surface area (Å²) in [5.74, 6) is -0.0154. The van der Waals surface area contributed by atoms with Crippen molar-refractivity contribution in [2.75, 3.05) is 20.1 Å². The minimum Gasteiger partial charge on any atom is -0.341 e. The zero-order valence-corrected chi connectivity index (χ0v) is 11.7. The number of hydrogen-bond donors (Lipinski definition) is 1. The largest absolute Gasteiger partial charge is 0.341 e. The van der Waals surface area contributed by atoms with Crippen LogP contribution in [0.15, 0.2) is 0 Å². The number of nitrogens with zero attached hydrogens (tertiary/aromatic N) is 3. The summed E-state index contributed by atoms with van der Waals surface area (Å²) < 4.78 is 3.89. The van der Waals surface area contributed by atoms with E-state index in [1.165, 1.54) is 0 Å². The van der Waals surface area contributed by atoms with Gasteiger partial charge in [0, 0.05) is 19.0 Å². The van der Waals surface area contributed by atoms with Gasteiger partial charge in [-0.2, -0.15) is 0 Å². The van der Waals surface area contributed by atoms with Gasteiger partial charge in [-0.15, -0.1) is 5.10 Å². The standard InChI is InChI=1S/C11H20N4OS/c1-11(2,3)9-8(17-14-13-9)10(16)15(4)7-5-6-12/h5-7,12H2,1-4H3. The fraction of sp³-hybridized carbons (Fsp3) is 0.727. The van der Waals surface area contributed by atoms with Crippen LogP contribution in [0.25, 0.3) is 0 Å². The summed E-state index contributed by atoms with van der Waals surface area (Å²) in [5.41, 5.74) is 6.05. The Morgan fingerprint density at radius 3 is 2.65 bits per heavy atom. The Balaban J connectivity index is 2.86. The zero-order valence-electron chi connectivity index (χ0n) is 10.9. The Kier molecular flexibility index (Phi) is 4.59. The van der Waals surface area contributed by atoms with Crippen LogP contribution in [-0.4, -0.2) is 40.5 Å². The van der Waals surface area contributed by atoms with Crippen molar-refractivity contribution in [3.63, 3.8) is 0 Å². The van der Waals surface area contributed by atoms with Gasteiger partial charge in [0.2, 0.25) is 0 Å². The van der Waals surface area contributed by atoms with Crippen molar-refractivity contribution in [2.45, 2.75) is 32.6 Å². The van der Waals surface area contributed by atoms with Crippen molar-refractivity contribution in [1.82, 2.24) is 14.5 Å². The molecule has 0 saturated heterocycles. The maximum Gasteiger partial charge on any atom is 0.267 e. The Bertz CT molecular complexity index is 383. The lowest BCUT2D eigenvalue weighted by molar-refractivity contribution is 0.0796. The summed E-state index contributed by atoms with van der Waals surface area (Å²) in [6, 6.07) is 0. The summed E-state index contributed by atoms with van der Waals surface area (Å²) in [7, 11) is 1.78. The molecule has 0 spiro atoms. The van der Waals surface area contributed by atoms with Crippen molar-refractivity contribution in [3.05, 3.63) is 10.6 Å². The molecule has 1 rings (SSSR count). The van der Waals surface area contributed by atoms with Crippen LogP contribution < -0.4 is 5.73 Å². The van der Waals surface area contributed by atoms with Crippen LogP contribution in [0.1, 0.15) is 42.6 Å². The highest BCUT2D eigenvalue weighted by molar-refractivity contribution is 7.08. The van der Waals surface area contributed by atoms with Gasteiger partial charge in [-0.1, -0.05) is 25.3 Å². The molecule has 6 heteroatoms. The minimum atomic E-state index is -0.160. The number of amides is 1. The van der Waals surface area contributed by atoms with E-state index < -0.39 is 0 Å². The summed E-state index contributed by atoms with van der Waals surface area (Å²) in [5, 5.41) is 4.07. The van der Waals surface area contributed by atoms with E-state index >= 15 is 0 Å². The topological polar surface area (TPSA) is 72.1 Å². The van der Waals surface area contributed by atoms with Crippen LogP contribution in [0.5, 0.6) is 0 Å². The molecule has 0 atom stereocenters. The second-order valence-electron chi connectivity index (χ2n) is 5.07. The number of hydrogen-bond acceptors (Lipinski definition) is 5. The van der Waals surface area contributed by atoms with Crippen molar-refractivity contribution < 1.29 is 4.79 Å². The quantitative estimate of drug-likeness (QED) is 0.880. The third-order valence-electron chi connectivity index (χ3n) is 2.44. The summed E-state index contributed by atoms with van der Waals surface area (Å²) in [6.45, 7) is 7.34. The number of rotatable bonds is 4. The third-order valence-corrected chi connectivity index (χ3v) is 3.15. The first-order chi connectivity index (χ1) is 7.88. The zero-order chi connectivity index (χ0) is 13.1. The number of nitrogens with two attached hydrogens (primary N) is 1. The van der Waals surface area contributed by atoms with Crippen LogP contribution in [0, 0.1) is 0 Å². The first-order valence-electron chi connectivity index (χ1n) is 5.66. The molecular weight excluding hydrogens is 236 g/mol. The van der Waals surface area contributed by atoms with E-state index in [2.05, 4.69) is 9.59 Å². The molecule has 17 heavy (non-hydrogen) atoms. The minimum absolute atomic E-state index is 0.0154. The first-order valence-corrected chi connectivity index (χ1v) is 6.43. The average Bonchev–Trinajstić information content (AvgIpc) is 2.73. The highest BCUT2D eigenvalue weighted by Gasteiger charge is 2.27. The molecule has 96 valence electrons. The molecule has 0 unspecified atom stereocenters. The molecule has 1 amide bonds. The lowest BCUT2D eigenvalue weighted by atomic mass is 9.91. The highest BCUT2D eigenvalue weighted by Crippen LogP contribution is 2.26. The lowest BCUT2D eigenvalue weighted by Gasteiger charge is -2.20. The molecule has 2 N–H and O–H groups in total. The van der Waals surface area contributed by atoms with E-state index in [9.17, 15) is 4.79 Å². The van der Waals surface area contributed by atoms with E-state index in [-0.39, 0.29) is 11.3 Å². The Hall–Kier alpha value is -1.01. The summed E-state index contributed by atoms with van der Waals surface area (Å²) in [4.78, 5) is 14.5. The van der Waals surface area contributed by atoms with Gasteiger partial charge in [0.15, 0.2) is 0 Å². The predicted octanol–water partition coefficient (Wildman–Crippen LogP) is 1.26. The summed E-state index contributed by atoms with van der Waals surface area (Å²) in [6.07, 6.45) is 0.805. The molecule has 0 bridgehead atoms. The molecule has 0 saturated carbocycles. The van der Waals surface area contributed by atoms with Gasteiger partial charge in [0.05, 0.1) is 5.69 Å². The van der Waals surface area contributed by atoms with Crippen LogP contribution in [0.4, 0.5) is 0 Å². The van der Waals surface area contributed by atoms with E-state index in [0.717, 1.165) is 23.6 Å². The summed E-state index contributed by atoms with van der Waals surface area (Å²) >= 11 is 1.16. The normalized spacial score (nSPS) is 11.6. The third kappa shape index (κ3) is 3.47. The van der Waals surface area contributed by atoms with Crippen molar-refractivity contribution in [3.8, 4) is 0 Å². The van der Waals surface area contributed by atoms with E-state index in [1.807, 2.05) is 20.8 Å². The van der Waals surface area contributed by atoms with Gasteiger partial charge >= 0.3 is 0 Å². The monoisotopic (exact) mass is 256 g/mol. The van der Waals surface area contributed by atoms with Gasteiger partial charge in [-0.3, -0.25) is 4.79 Å². The highest BCUT2D eigenvalue weighted by atomic mass is 32.1. The average molecular weight is 256 g/mol. The smallest absolute Gasteiger partial charge is 0.267 e. The van der Waals surface area contributed by atoms with Gasteiger partial charge in [0.25, 0.3) is 5.91 Å². The Morgan fingerprint density at radius 1 is 1.47 bits per heavy atom. The first kappa shape index (κ1) is 14.1. The van der Waals surface area contributed by atoms with E-state index in [0.29, 0.717) is 18.0 Å². The molecule has 0 aliphatic carbocycles. The van der Waals surface area contributed by atoms with Gasteiger partial charge in [0.1, 0.15) is 4.88 Å². The Labute approximate surface area is 106 Å². The maximum absolute atomic E-state index is 12.2. The van der Waals surface area contributed by atoms with Crippen LogP contribution in [0.2, 0.25) is 0 Å². The molecule has 5 nitrogen and oxygen atoms in total. The van der Waals surface area contributed by atoms with Crippen molar-refractivity contribution in [2.24, 2.45) is 5.73 Å². The van der Waals surface area contributed by atoms with Crippen molar-refractivity contribution in [1.29, 1.82) is 0 Å². The van der Waals surface area contributed by atoms with Crippen LogP contribution in [-0.2, 0) is 5.41 Å². The second kappa shape index (κ2) is 5.55. The lowest BCUT2D eigenvalue weighted by Crippen LogP contribution is -2.30. The number of aromatic nitrogens is 2. The van der Waals surface area contributed by atoms with Crippen LogP contribution >= 0.6 is 11.5 Å². The SMILES string of the molecule is CN(CCCN)C(=O)c1snnc1C(C)(C)C. The fourth-order valence-electron chi connectivity index (χ4n) is 1.42. The molecule has 1 aromatic heterocycles. The molecule has 0 fully saturated rings. The predicted molar refractivity (Wildman–Crippen MR) is 69.2 cm³/mol. The second-order valence-corrected chi connectivity index (χ2v) is 5.82.